The summed E-state index contributed by atoms with van der Waals surface area (Å²) < 4.78 is 0. The number of aliphatic hydroxyl groups is 3. The highest BCUT2D eigenvalue weighted by Gasteiger charge is 2.43. The van der Waals surface area contributed by atoms with Crippen LogP contribution < -0.4 is 0 Å². The lowest BCUT2D eigenvalue weighted by atomic mass is 9.70. The van der Waals surface area contributed by atoms with Gasteiger partial charge >= 0.3 is 0 Å². The molecule has 0 spiro atoms. The van der Waals surface area contributed by atoms with E-state index in [0.717, 1.165) is 6.42 Å². The van der Waals surface area contributed by atoms with Crippen LogP contribution in [0.25, 0.3) is 0 Å². The Labute approximate surface area is 53.9 Å². The average molecular weight is 132 g/mol. The Balaban J connectivity index is 2.41. The van der Waals surface area contributed by atoms with Gasteiger partial charge in [0.05, 0.1) is 12.2 Å². The van der Waals surface area contributed by atoms with Gasteiger partial charge in [0.25, 0.3) is 0 Å². The van der Waals surface area contributed by atoms with Crippen molar-refractivity contribution in [3.05, 3.63) is 0 Å². The van der Waals surface area contributed by atoms with Gasteiger partial charge in [-0.15, -0.1) is 0 Å². The molecule has 0 aromatic rings. The first-order valence-corrected chi connectivity index (χ1v) is 3.17. The Hall–Kier alpha value is -0.120. The lowest BCUT2D eigenvalue weighted by Gasteiger charge is -2.43. The summed E-state index contributed by atoms with van der Waals surface area (Å²) in [5.74, 6) is -0.0949. The molecule has 0 aromatic carbocycles. The smallest absolute Gasteiger partial charge is 0.0927 e. The highest BCUT2D eigenvalue weighted by Crippen LogP contribution is 2.37. The normalized spacial score (nSPS) is 42.3. The number of hydrogen-bond acceptors (Lipinski definition) is 3. The van der Waals surface area contributed by atoms with Crippen LogP contribution in [0.4, 0.5) is 0 Å². The zero-order chi connectivity index (χ0) is 6.91. The molecule has 2 atom stereocenters. The molecule has 3 heteroatoms. The fraction of sp³-hybridized carbons (Fsp3) is 1.00. The van der Waals surface area contributed by atoms with Crippen molar-refractivity contribution in [3.8, 4) is 0 Å². The fourth-order valence-electron chi connectivity index (χ4n) is 1.15. The van der Waals surface area contributed by atoms with Gasteiger partial charge in [0.1, 0.15) is 0 Å². The van der Waals surface area contributed by atoms with Crippen LogP contribution in [0.2, 0.25) is 0 Å². The van der Waals surface area contributed by atoms with Crippen molar-refractivity contribution >= 4 is 0 Å². The van der Waals surface area contributed by atoms with E-state index in [9.17, 15) is 5.11 Å². The molecule has 0 saturated heterocycles. The van der Waals surface area contributed by atoms with Crippen molar-refractivity contribution in [2.75, 3.05) is 13.2 Å². The van der Waals surface area contributed by atoms with Crippen LogP contribution in [-0.2, 0) is 0 Å². The van der Waals surface area contributed by atoms with Gasteiger partial charge in [-0.2, -0.15) is 0 Å². The molecule has 1 aliphatic rings. The molecule has 1 saturated carbocycles. The molecule has 0 aliphatic heterocycles. The van der Waals surface area contributed by atoms with E-state index in [1.807, 2.05) is 0 Å². The van der Waals surface area contributed by atoms with Gasteiger partial charge in [0, 0.05) is 12.5 Å². The number of aliphatic hydroxyl groups excluding tert-OH is 2. The maximum atomic E-state index is 9.27. The summed E-state index contributed by atoms with van der Waals surface area (Å²) in [7, 11) is 0. The molecule has 0 heterocycles. The van der Waals surface area contributed by atoms with Crippen LogP contribution in [0.5, 0.6) is 0 Å². The second-order valence-corrected chi connectivity index (χ2v) is 2.68. The molecule has 0 aromatic heterocycles. The van der Waals surface area contributed by atoms with Crippen molar-refractivity contribution in [2.45, 2.75) is 18.4 Å². The fourth-order valence-corrected chi connectivity index (χ4v) is 1.15. The second-order valence-electron chi connectivity index (χ2n) is 2.68. The molecule has 0 radical (unpaired) electrons. The summed E-state index contributed by atoms with van der Waals surface area (Å²) >= 11 is 0. The number of rotatable bonds is 2. The Morgan fingerprint density at radius 3 is 2.22 bits per heavy atom. The van der Waals surface area contributed by atoms with Crippen LogP contribution in [0.15, 0.2) is 0 Å². The van der Waals surface area contributed by atoms with Gasteiger partial charge in [0.2, 0.25) is 0 Å². The van der Waals surface area contributed by atoms with E-state index in [1.165, 1.54) is 0 Å². The van der Waals surface area contributed by atoms with Crippen molar-refractivity contribution in [1.29, 1.82) is 0 Å². The van der Waals surface area contributed by atoms with Crippen molar-refractivity contribution < 1.29 is 15.3 Å². The molecular weight excluding hydrogens is 120 g/mol. The van der Waals surface area contributed by atoms with Crippen LogP contribution in [0, 0.1) is 5.92 Å². The summed E-state index contributed by atoms with van der Waals surface area (Å²) in [5.41, 5.74) is -0.964. The Bertz CT molecular complexity index is 98.5. The maximum Gasteiger partial charge on any atom is 0.0927 e. The predicted molar refractivity (Wildman–Crippen MR) is 31.8 cm³/mol. The lowest BCUT2D eigenvalue weighted by Crippen LogP contribution is -2.51. The molecule has 3 N–H and O–H groups in total. The van der Waals surface area contributed by atoms with Gasteiger partial charge < -0.3 is 15.3 Å². The zero-order valence-electron chi connectivity index (χ0n) is 5.25. The van der Waals surface area contributed by atoms with Crippen LogP contribution in [0.3, 0.4) is 0 Å². The van der Waals surface area contributed by atoms with E-state index in [-0.39, 0.29) is 19.1 Å². The minimum atomic E-state index is -0.964. The highest BCUT2D eigenvalue weighted by molar-refractivity contribution is 4.95. The van der Waals surface area contributed by atoms with Gasteiger partial charge in [-0.25, -0.2) is 0 Å². The van der Waals surface area contributed by atoms with Crippen LogP contribution in [-0.4, -0.2) is 34.1 Å². The molecule has 0 amide bonds. The van der Waals surface area contributed by atoms with E-state index in [2.05, 4.69) is 0 Å². The van der Waals surface area contributed by atoms with Crippen LogP contribution in [0.1, 0.15) is 12.8 Å². The van der Waals surface area contributed by atoms with E-state index >= 15 is 0 Å². The Morgan fingerprint density at radius 2 is 2.11 bits per heavy atom. The second kappa shape index (κ2) is 2.25. The summed E-state index contributed by atoms with van der Waals surface area (Å²) in [6.07, 6.45) is 1.45. The van der Waals surface area contributed by atoms with Gasteiger partial charge in [-0.3, -0.25) is 0 Å². The SMILES string of the molecule is OCC1CCC1(O)CO. The highest BCUT2D eigenvalue weighted by atomic mass is 16.3. The van der Waals surface area contributed by atoms with Crippen molar-refractivity contribution in [2.24, 2.45) is 5.92 Å². The first kappa shape index (κ1) is 6.99. The van der Waals surface area contributed by atoms with Crippen molar-refractivity contribution in [1.82, 2.24) is 0 Å². The van der Waals surface area contributed by atoms with Gasteiger partial charge in [-0.1, -0.05) is 0 Å². The van der Waals surface area contributed by atoms with E-state index in [1.54, 1.807) is 0 Å². The summed E-state index contributed by atoms with van der Waals surface area (Å²) in [4.78, 5) is 0. The molecule has 9 heavy (non-hydrogen) atoms. The molecule has 54 valence electrons. The molecule has 1 rings (SSSR count). The minimum Gasteiger partial charge on any atom is -0.396 e. The monoisotopic (exact) mass is 132 g/mol. The number of hydrogen-bond donors (Lipinski definition) is 3. The predicted octanol–water partition coefficient (Wildman–Crippen LogP) is -0.888. The van der Waals surface area contributed by atoms with E-state index in [0.29, 0.717) is 6.42 Å². The third-order valence-corrected chi connectivity index (χ3v) is 2.18. The molecule has 3 nitrogen and oxygen atoms in total. The Kier molecular flexibility index (Phi) is 1.75. The van der Waals surface area contributed by atoms with Gasteiger partial charge in [0.15, 0.2) is 0 Å². The third-order valence-electron chi connectivity index (χ3n) is 2.18. The Morgan fingerprint density at radius 1 is 1.44 bits per heavy atom. The first-order chi connectivity index (χ1) is 4.23. The molecule has 2 unspecified atom stereocenters. The summed E-state index contributed by atoms with van der Waals surface area (Å²) in [6.45, 7) is -0.241. The zero-order valence-corrected chi connectivity index (χ0v) is 5.25. The standard InChI is InChI=1S/C6H12O3/c7-3-5-1-2-6(5,9)4-8/h5,7-9H,1-4H2. The van der Waals surface area contributed by atoms with Crippen LogP contribution >= 0.6 is 0 Å². The average Bonchev–Trinajstić information content (AvgIpc) is 1.85. The lowest BCUT2D eigenvalue weighted by molar-refractivity contribution is -0.139. The van der Waals surface area contributed by atoms with E-state index in [4.69, 9.17) is 10.2 Å². The third kappa shape index (κ3) is 0.956. The van der Waals surface area contributed by atoms with Crippen molar-refractivity contribution in [3.63, 3.8) is 0 Å². The summed E-state index contributed by atoms with van der Waals surface area (Å²) in [5, 5.41) is 26.4. The maximum absolute atomic E-state index is 9.27. The molecule has 1 aliphatic carbocycles. The molecule has 0 bridgehead atoms. The summed E-state index contributed by atoms with van der Waals surface area (Å²) in [6, 6.07) is 0. The molecular formula is C6H12O3. The topological polar surface area (TPSA) is 60.7 Å². The quantitative estimate of drug-likeness (QED) is 0.457. The first-order valence-electron chi connectivity index (χ1n) is 3.17. The largest absolute Gasteiger partial charge is 0.396 e. The minimum absolute atomic E-state index is 0.0168. The van der Waals surface area contributed by atoms with Gasteiger partial charge in [-0.05, 0) is 12.8 Å². The van der Waals surface area contributed by atoms with E-state index < -0.39 is 5.60 Å². The molecule has 1 fully saturated rings.